The van der Waals surface area contributed by atoms with Gasteiger partial charge in [0, 0.05) is 17.8 Å². The Morgan fingerprint density at radius 1 is 0.735 bits per heavy atom. The molecule has 0 radical (unpaired) electrons. The van der Waals surface area contributed by atoms with Crippen LogP contribution in [-0.4, -0.2) is 34.2 Å². The Balaban J connectivity index is 1.79. The van der Waals surface area contributed by atoms with Crippen LogP contribution in [0.2, 0.25) is 0 Å². The van der Waals surface area contributed by atoms with Crippen molar-refractivity contribution in [1.29, 1.82) is 0 Å². The van der Waals surface area contributed by atoms with Crippen molar-refractivity contribution in [3.63, 3.8) is 0 Å². The molecule has 6 heteroatoms. The maximum atomic E-state index is 12.4. The van der Waals surface area contributed by atoms with E-state index in [0.29, 0.717) is 28.6 Å². The summed E-state index contributed by atoms with van der Waals surface area (Å²) in [5.41, 5.74) is 4.32. The molecule has 6 nitrogen and oxygen atoms in total. The fourth-order valence-electron chi connectivity index (χ4n) is 3.35. The first kappa shape index (κ1) is 24.5. The highest BCUT2D eigenvalue weighted by Gasteiger charge is 2.12. The van der Waals surface area contributed by atoms with Crippen molar-refractivity contribution >= 4 is 23.6 Å². The normalized spacial score (nSPS) is 11.0. The molecule has 0 saturated heterocycles. The van der Waals surface area contributed by atoms with E-state index in [9.17, 15) is 4.79 Å². The number of hydrogen-bond donors (Lipinski definition) is 1. The number of anilines is 1. The number of ether oxygens (including phenoxy) is 4. The van der Waals surface area contributed by atoms with Gasteiger partial charge in [-0.05, 0) is 42.3 Å². The van der Waals surface area contributed by atoms with Gasteiger partial charge in [0.1, 0.15) is 5.75 Å². The van der Waals surface area contributed by atoms with Gasteiger partial charge in [0.2, 0.25) is 5.75 Å². The number of allylic oxidation sites excluding steroid dienone is 1. The number of hydrogen-bond acceptors (Lipinski definition) is 6. The van der Waals surface area contributed by atoms with Gasteiger partial charge in [-0.1, -0.05) is 48.0 Å². The molecule has 0 aromatic heterocycles. The Kier molecular flexibility index (Phi) is 8.35. The second-order valence-corrected chi connectivity index (χ2v) is 7.46. The quantitative estimate of drug-likeness (QED) is 0.228. The average molecular weight is 460 g/mol. The largest absolute Gasteiger partial charge is 0.495 e. The van der Waals surface area contributed by atoms with Crippen molar-refractivity contribution in [2.24, 2.45) is 0 Å². The summed E-state index contributed by atoms with van der Waals surface area (Å²) >= 11 is 0. The molecular weight excluding hydrogens is 430 g/mol. The maximum Gasteiger partial charge on any atom is 0.203 e. The van der Waals surface area contributed by atoms with E-state index in [1.807, 2.05) is 73.7 Å². The first-order valence-electron chi connectivity index (χ1n) is 10.7. The van der Waals surface area contributed by atoms with E-state index in [4.69, 9.17) is 18.9 Å². The van der Waals surface area contributed by atoms with Crippen LogP contribution in [0.5, 0.6) is 23.0 Å². The van der Waals surface area contributed by atoms with Crippen LogP contribution in [0.25, 0.3) is 12.2 Å². The van der Waals surface area contributed by atoms with Gasteiger partial charge in [-0.15, -0.1) is 0 Å². The minimum absolute atomic E-state index is 0.0788. The second-order valence-electron chi connectivity index (χ2n) is 7.46. The Morgan fingerprint density at radius 2 is 1.35 bits per heavy atom. The van der Waals surface area contributed by atoms with E-state index >= 15 is 0 Å². The summed E-state index contributed by atoms with van der Waals surface area (Å²) in [6.45, 7) is 1.99. The third-order valence-corrected chi connectivity index (χ3v) is 5.19. The van der Waals surface area contributed by atoms with Crippen LogP contribution in [0.1, 0.15) is 27.0 Å². The van der Waals surface area contributed by atoms with E-state index < -0.39 is 0 Å². The lowest BCUT2D eigenvalue weighted by Crippen LogP contribution is -1.98. The van der Waals surface area contributed by atoms with Crippen molar-refractivity contribution in [3.8, 4) is 23.0 Å². The topological polar surface area (TPSA) is 66.0 Å². The Morgan fingerprint density at radius 3 is 1.94 bits per heavy atom. The number of benzene rings is 3. The molecule has 0 aliphatic rings. The lowest BCUT2D eigenvalue weighted by atomic mass is 10.1. The summed E-state index contributed by atoms with van der Waals surface area (Å²) in [4.78, 5) is 12.4. The highest BCUT2D eigenvalue weighted by Crippen LogP contribution is 2.38. The summed E-state index contributed by atoms with van der Waals surface area (Å²) in [5, 5.41) is 3.15. The van der Waals surface area contributed by atoms with Crippen LogP contribution in [-0.2, 0) is 0 Å². The lowest BCUT2D eigenvalue weighted by Gasteiger charge is -2.13. The predicted molar refractivity (Wildman–Crippen MR) is 136 cm³/mol. The minimum atomic E-state index is -0.0788. The van der Waals surface area contributed by atoms with Crippen molar-refractivity contribution in [3.05, 3.63) is 89.1 Å². The lowest BCUT2D eigenvalue weighted by molar-refractivity contribution is 0.104. The first-order valence-corrected chi connectivity index (χ1v) is 10.7. The molecule has 0 aliphatic heterocycles. The minimum Gasteiger partial charge on any atom is -0.495 e. The SMILES string of the molecule is COc1ccc(/C=C\c2cc(OC)c(OC)c(OC)c2)cc1N/C=C\C(=O)c1ccc(C)cc1. The zero-order valence-corrected chi connectivity index (χ0v) is 20.0. The number of nitrogens with one attached hydrogen (secondary N) is 1. The highest BCUT2D eigenvalue weighted by atomic mass is 16.5. The summed E-state index contributed by atoms with van der Waals surface area (Å²) in [6.07, 6.45) is 7.04. The second kappa shape index (κ2) is 11.6. The van der Waals surface area contributed by atoms with Crippen LogP contribution < -0.4 is 24.3 Å². The standard InChI is InChI=1S/C28H29NO5/c1-19-6-11-22(12-7-19)24(30)14-15-29-23-16-20(10-13-25(23)31-2)8-9-21-17-26(32-3)28(34-5)27(18-21)33-4/h6-18,29H,1-5H3/b9-8-,15-14-. The fraction of sp³-hybridized carbons (Fsp3) is 0.179. The first-order chi connectivity index (χ1) is 16.5. The van der Waals surface area contributed by atoms with Gasteiger partial charge in [0.05, 0.1) is 34.1 Å². The fourth-order valence-corrected chi connectivity index (χ4v) is 3.35. The number of carbonyl (C=O) groups is 1. The number of rotatable bonds is 10. The highest BCUT2D eigenvalue weighted by molar-refractivity contribution is 6.04. The molecule has 3 aromatic rings. The molecule has 0 amide bonds. The van der Waals surface area contributed by atoms with Gasteiger partial charge in [-0.3, -0.25) is 4.79 Å². The molecule has 0 aliphatic carbocycles. The Hall–Kier alpha value is -4.19. The Bertz CT molecular complexity index is 1170. The van der Waals surface area contributed by atoms with E-state index in [1.54, 1.807) is 34.6 Å². The van der Waals surface area contributed by atoms with Crippen molar-refractivity contribution in [2.45, 2.75) is 6.92 Å². The molecule has 3 rings (SSSR count). The molecule has 1 N–H and O–H groups in total. The molecule has 0 fully saturated rings. The van der Waals surface area contributed by atoms with Crippen molar-refractivity contribution in [2.75, 3.05) is 33.8 Å². The zero-order chi connectivity index (χ0) is 24.5. The van der Waals surface area contributed by atoms with E-state index in [2.05, 4.69) is 5.32 Å². The Labute approximate surface area is 200 Å². The summed E-state index contributed by atoms with van der Waals surface area (Å²) in [7, 11) is 6.35. The van der Waals surface area contributed by atoms with Crippen molar-refractivity contribution < 1.29 is 23.7 Å². The molecule has 0 heterocycles. The van der Waals surface area contributed by atoms with Crippen LogP contribution >= 0.6 is 0 Å². The number of aryl methyl sites for hydroxylation is 1. The molecule has 0 spiro atoms. The molecule has 0 atom stereocenters. The van der Waals surface area contributed by atoms with Crippen molar-refractivity contribution in [1.82, 2.24) is 0 Å². The van der Waals surface area contributed by atoms with E-state index in [-0.39, 0.29) is 5.78 Å². The van der Waals surface area contributed by atoms with Gasteiger partial charge in [-0.2, -0.15) is 0 Å². The predicted octanol–water partition coefficient (Wildman–Crippen LogP) is 6.01. The monoisotopic (exact) mass is 459 g/mol. The molecule has 0 bridgehead atoms. The third-order valence-electron chi connectivity index (χ3n) is 5.19. The summed E-state index contributed by atoms with van der Waals surface area (Å²) < 4.78 is 21.7. The van der Waals surface area contributed by atoms with Crippen LogP contribution in [0.15, 0.2) is 66.9 Å². The number of methoxy groups -OCH3 is 4. The van der Waals surface area contributed by atoms with E-state index in [1.165, 1.54) is 6.08 Å². The maximum absolute atomic E-state index is 12.4. The molecule has 3 aromatic carbocycles. The summed E-state index contributed by atoms with van der Waals surface area (Å²) in [5.74, 6) is 2.30. The number of carbonyl (C=O) groups excluding carboxylic acids is 1. The molecule has 0 unspecified atom stereocenters. The van der Waals surface area contributed by atoms with Gasteiger partial charge in [-0.25, -0.2) is 0 Å². The summed E-state index contributed by atoms with van der Waals surface area (Å²) in [6, 6.07) is 17.0. The van der Waals surface area contributed by atoms with E-state index in [0.717, 1.165) is 22.4 Å². The third kappa shape index (κ3) is 5.98. The van der Waals surface area contributed by atoms with Gasteiger partial charge in [0.15, 0.2) is 17.3 Å². The van der Waals surface area contributed by atoms with Gasteiger partial charge >= 0.3 is 0 Å². The molecule has 176 valence electrons. The van der Waals surface area contributed by atoms with Crippen LogP contribution in [0.4, 0.5) is 5.69 Å². The van der Waals surface area contributed by atoms with Gasteiger partial charge < -0.3 is 24.3 Å². The molecule has 34 heavy (non-hydrogen) atoms. The smallest absolute Gasteiger partial charge is 0.203 e. The van der Waals surface area contributed by atoms with Gasteiger partial charge in [0.25, 0.3) is 0 Å². The number of ketones is 1. The van der Waals surface area contributed by atoms with Crippen LogP contribution in [0.3, 0.4) is 0 Å². The van der Waals surface area contributed by atoms with Crippen LogP contribution in [0, 0.1) is 6.92 Å². The average Bonchev–Trinajstić information content (AvgIpc) is 2.87. The zero-order valence-electron chi connectivity index (χ0n) is 20.0. The molecular formula is C28H29NO5. The molecule has 0 saturated carbocycles.